The molecule has 2 amide bonds. The van der Waals surface area contributed by atoms with E-state index in [1.54, 1.807) is 42.5 Å². The Morgan fingerprint density at radius 1 is 0.875 bits per heavy atom. The standard InChI is InChI=1S/C24H18N2O6/c1-31-18-8-6-17(7-9-18)26-22(28)19-10-5-15(12-20(19)23(26)29)24(30)32-13-21(27)14-3-2-4-16(25)11-14/h2-12H,13,25H2,1H3. The summed E-state index contributed by atoms with van der Waals surface area (Å²) in [7, 11) is 1.51. The fraction of sp³-hybridized carbons (Fsp3) is 0.0833. The summed E-state index contributed by atoms with van der Waals surface area (Å²) >= 11 is 0. The highest BCUT2D eigenvalue weighted by Gasteiger charge is 2.37. The Morgan fingerprint density at radius 3 is 2.28 bits per heavy atom. The van der Waals surface area contributed by atoms with Crippen LogP contribution in [-0.2, 0) is 4.74 Å². The number of nitrogens with two attached hydrogens (primary N) is 1. The smallest absolute Gasteiger partial charge is 0.338 e. The molecular weight excluding hydrogens is 412 g/mol. The van der Waals surface area contributed by atoms with Crippen molar-refractivity contribution in [2.75, 3.05) is 24.4 Å². The van der Waals surface area contributed by atoms with E-state index >= 15 is 0 Å². The Hall–Kier alpha value is -4.46. The van der Waals surface area contributed by atoms with Crippen molar-refractivity contribution < 1.29 is 28.7 Å². The minimum atomic E-state index is -0.784. The highest BCUT2D eigenvalue weighted by molar-refractivity contribution is 6.34. The van der Waals surface area contributed by atoms with Gasteiger partial charge in [0.25, 0.3) is 11.8 Å². The summed E-state index contributed by atoms with van der Waals surface area (Å²) in [5, 5.41) is 0. The molecule has 1 aliphatic rings. The molecule has 0 atom stereocenters. The van der Waals surface area contributed by atoms with Gasteiger partial charge in [0.05, 0.1) is 29.5 Å². The first-order valence-electron chi connectivity index (χ1n) is 9.62. The first kappa shape index (κ1) is 20.8. The highest BCUT2D eigenvalue weighted by atomic mass is 16.5. The molecule has 0 saturated carbocycles. The number of hydrogen-bond donors (Lipinski definition) is 1. The van der Waals surface area contributed by atoms with Gasteiger partial charge in [0.1, 0.15) is 5.75 Å². The van der Waals surface area contributed by atoms with Crippen molar-refractivity contribution in [2.24, 2.45) is 0 Å². The third-order valence-corrected chi connectivity index (χ3v) is 5.00. The molecule has 0 fully saturated rings. The van der Waals surface area contributed by atoms with Crippen molar-refractivity contribution in [1.82, 2.24) is 0 Å². The molecule has 32 heavy (non-hydrogen) atoms. The number of hydrogen-bond acceptors (Lipinski definition) is 7. The molecule has 1 heterocycles. The van der Waals surface area contributed by atoms with Gasteiger partial charge in [-0.1, -0.05) is 12.1 Å². The van der Waals surface area contributed by atoms with E-state index in [2.05, 4.69) is 0 Å². The second-order valence-corrected chi connectivity index (χ2v) is 7.03. The number of methoxy groups -OCH3 is 1. The Kier molecular flexibility index (Phi) is 5.43. The highest BCUT2D eigenvalue weighted by Crippen LogP contribution is 2.30. The Balaban J connectivity index is 1.50. The zero-order valence-electron chi connectivity index (χ0n) is 17.0. The van der Waals surface area contributed by atoms with Crippen molar-refractivity contribution in [1.29, 1.82) is 0 Å². The van der Waals surface area contributed by atoms with Crippen molar-refractivity contribution in [3.8, 4) is 5.75 Å². The van der Waals surface area contributed by atoms with Crippen LogP contribution in [0, 0.1) is 0 Å². The lowest BCUT2D eigenvalue weighted by Crippen LogP contribution is -2.29. The van der Waals surface area contributed by atoms with Crippen LogP contribution in [0.4, 0.5) is 11.4 Å². The fourth-order valence-electron chi connectivity index (χ4n) is 3.34. The monoisotopic (exact) mass is 430 g/mol. The minimum absolute atomic E-state index is 0.0573. The molecule has 0 bridgehead atoms. The molecule has 2 N–H and O–H groups in total. The molecule has 3 aromatic rings. The van der Waals surface area contributed by atoms with Gasteiger partial charge < -0.3 is 15.2 Å². The van der Waals surface area contributed by atoms with E-state index in [1.807, 2.05) is 0 Å². The topological polar surface area (TPSA) is 116 Å². The number of ether oxygens (including phenoxy) is 2. The van der Waals surface area contributed by atoms with Gasteiger partial charge in [-0.05, 0) is 54.6 Å². The number of nitrogens with zero attached hydrogens (tertiary/aromatic N) is 1. The largest absolute Gasteiger partial charge is 0.497 e. The van der Waals surface area contributed by atoms with Crippen LogP contribution in [0.25, 0.3) is 0 Å². The van der Waals surface area contributed by atoms with Crippen molar-refractivity contribution in [3.05, 3.63) is 89.0 Å². The van der Waals surface area contributed by atoms with E-state index in [1.165, 1.54) is 31.4 Å². The average Bonchev–Trinajstić information content (AvgIpc) is 3.06. The average molecular weight is 430 g/mol. The van der Waals surface area contributed by atoms with Crippen molar-refractivity contribution in [2.45, 2.75) is 0 Å². The van der Waals surface area contributed by atoms with Crippen LogP contribution in [0.5, 0.6) is 5.75 Å². The quantitative estimate of drug-likeness (QED) is 0.276. The molecule has 0 radical (unpaired) electrons. The molecule has 0 aliphatic carbocycles. The van der Waals surface area contributed by atoms with E-state index in [-0.39, 0.29) is 16.7 Å². The van der Waals surface area contributed by atoms with Gasteiger partial charge in [-0.25, -0.2) is 9.69 Å². The van der Waals surface area contributed by atoms with E-state index in [0.29, 0.717) is 22.7 Å². The van der Waals surface area contributed by atoms with Gasteiger partial charge in [0, 0.05) is 11.3 Å². The number of ketones is 1. The van der Waals surface area contributed by atoms with E-state index in [0.717, 1.165) is 4.90 Å². The number of esters is 1. The van der Waals surface area contributed by atoms with Gasteiger partial charge >= 0.3 is 5.97 Å². The number of carbonyl (C=O) groups is 4. The number of carbonyl (C=O) groups excluding carboxylic acids is 4. The van der Waals surface area contributed by atoms with Crippen LogP contribution in [0.2, 0.25) is 0 Å². The maximum absolute atomic E-state index is 12.9. The first-order chi connectivity index (χ1) is 15.4. The summed E-state index contributed by atoms with van der Waals surface area (Å²) in [5.74, 6) is -1.66. The first-order valence-corrected chi connectivity index (χ1v) is 9.62. The normalized spacial score (nSPS) is 12.5. The van der Waals surface area contributed by atoms with E-state index < -0.39 is 30.2 Å². The number of imide groups is 1. The number of fused-ring (bicyclic) bond motifs is 1. The number of anilines is 2. The van der Waals surface area contributed by atoms with Crippen LogP contribution in [0.15, 0.2) is 66.7 Å². The maximum Gasteiger partial charge on any atom is 0.338 e. The molecule has 1 aliphatic heterocycles. The van der Waals surface area contributed by atoms with E-state index in [4.69, 9.17) is 15.2 Å². The second kappa shape index (κ2) is 8.35. The summed E-state index contributed by atoms with van der Waals surface area (Å²) in [5.41, 5.74) is 7.11. The number of benzene rings is 3. The third kappa shape index (κ3) is 3.81. The molecule has 4 rings (SSSR count). The van der Waals surface area contributed by atoms with Gasteiger partial charge in [0.2, 0.25) is 0 Å². The predicted molar refractivity (Wildman–Crippen MR) is 116 cm³/mol. The molecule has 0 saturated heterocycles. The third-order valence-electron chi connectivity index (χ3n) is 5.00. The lowest BCUT2D eigenvalue weighted by atomic mass is 10.1. The Labute approximate surface area is 183 Å². The molecule has 0 spiro atoms. The van der Waals surface area contributed by atoms with Crippen molar-refractivity contribution in [3.63, 3.8) is 0 Å². The number of rotatable bonds is 6. The maximum atomic E-state index is 12.9. The molecule has 0 aromatic heterocycles. The van der Waals surface area contributed by atoms with Crippen molar-refractivity contribution >= 4 is 34.9 Å². The zero-order chi connectivity index (χ0) is 22.8. The van der Waals surface area contributed by atoms with Crippen LogP contribution in [-0.4, -0.2) is 37.3 Å². The van der Waals surface area contributed by atoms with Crippen LogP contribution < -0.4 is 15.4 Å². The Morgan fingerprint density at radius 2 is 1.59 bits per heavy atom. The number of nitrogen functional groups attached to an aromatic ring is 1. The van der Waals surface area contributed by atoms with Crippen LogP contribution >= 0.6 is 0 Å². The SMILES string of the molecule is COc1ccc(N2C(=O)c3ccc(C(=O)OCC(=O)c4cccc(N)c4)cc3C2=O)cc1. The zero-order valence-corrected chi connectivity index (χ0v) is 17.0. The minimum Gasteiger partial charge on any atom is -0.497 e. The van der Waals surface area contributed by atoms with Crippen LogP contribution in [0.1, 0.15) is 41.4 Å². The molecular formula is C24H18N2O6. The summed E-state index contributed by atoms with van der Waals surface area (Å²) in [6.45, 7) is -0.482. The summed E-state index contributed by atoms with van der Waals surface area (Å²) < 4.78 is 10.2. The molecule has 160 valence electrons. The van der Waals surface area contributed by atoms with Gasteiger partial charge in [0.15, 0.2) is 12.4 Å². The van der Waals surface area contributed by atoms with Gasteiger partial charge in [-0.15, -0.1) is 0 Å². The molecule has 3 aromatic carbocycles. The second-order valence-electron chi connectivity index (χ2n) is 7.03. The molecule has 8 nitrogen and oxygen atoms in total. The Bertz CT molecular complexity index is 1250. The summed E-state index contributed by atoms with van der Waals surface area (Å²) in [6, 6.07) is 16.9. The van der Waals surface area contributed by atoms with Crippen LogP contribution in [0.3, 0.4) is 0 Å². The van der Waals surface area contributed by atoms with Gasteiger partial charge in [-0.2, -0.15) is 0 Å². The number of Topliss-reactive ketones (excluding diaryl/α,β-unsaturated/α-hetero) is 1. The van der Waals surface area contributed by atoms with E-state index in [9.17, 15) is 19.2 Å². The lowest BCUT2D eigenvalue weighted by Gasteiger charge is -2.14. The predicted octanol–water partition coefficient (Wildman–Crippen LogP) is 3.12. The fourth-order valence-corrected chi connectivity index (χ4v) is 3.34. The van der Waals surface area contributed by atoms with Gasteiger partial charge in [-0.3, -0.25) is 14.4 Å². The molecule has 8 heteroatoms. The summed E-state index contributed by atoms with van der Waals surface area (Å²) in [4.78, 5) is 51.3. The molecule has 0 unspecified atom stereocenters. The number of amides is 2. The lowest BCUT2D eigenvalue weighted by molar-refractivity contribution is 0.0474. The summed E-state index contributed by atoms with van der Waals surface area (Å²) in [6.07, 6.45) is 0.